The van der Waals surface area contributed by atoms with Gasteiger partial charge in [0.05, 0.1) is 25.0 Å². The Morgan fingerprint density at radius 3 is 2.50 bits per heavy atom. The van der Waals surface area contributed by atoms with E-state index in [1.165, 1.54) is 6.07 Å². The lowest BCUT2D eigenvalue weighted by atomic mass is 10.2. The average Bonchev–Trinajstić information content (AvgIpc) is 3.11. The summed E-state index contributed by atoms with van der Waals surface area (Å²) in [6, 6.07) is 16.4. The van der Waals surface area contributed by atoms with Crippen LogP contribution in [0.15, 0.2) is 71.3 Å². The Balaban J connectivity index is 1.68. The molecule has 3 aromatic rings. The van der Waals surface area contributed by atoms with Gasteiger partial charge in [-0.2, -0.15) is 0 Å². The molecule has 2 aromatic carbocycles. The lowest BCUT2D eigenvalue weighted by molar-refractivity contribution is -0.117. The minimum absolute atomic E-state index is 0.0341. The first-order chi connectivity index (χ1) is 12.6. The number of benzene rings is 2. The zero-order valence-electron chi connectivity index (χ0n) is 14.0. The van der Waals surface area contributed by atoms with Gasteiger partial charge in [0.1, 0.15) is 17.4 Å². The Morgan fingerprint density at radius 2 is 1.81 bits per heavy atom. The summed E-state index contributed by atoms with van der Waals surface area (Å²) < 4.78 is 32.1. The number of furan rings is 1. The Labute approximate surface area is 150 Å². The summed E-state index contributed by atoms with van der Waals surface area (Å²) >= 11 is 0. The lowest BCUT2D eigenvalue weighted by Crippen LogP contribution is -2.32. The molecule has 0 saturated carbocycles. The summed E-state index contributed by atoms with van der Waals surface area (Å²) in [5, 5.41) is 2.48. The van der Waals surface area contributed by atoms with Gasteiger partial charge in [-0.25, -0.2) is 8.78 Å². The summed E-state index contributed by atoms with van der Waals surface area (Å²) in [6.07, 6.45) is 1.57. The van der Waals surface area contributed by atoms with Crippen LogP contribution in [0.25, 0.3) is 0 Å². The second-order valence-electron chi connectivity index (χ2n) is 5.88. The van der Waals surface area contributed by atoms with E-state index >= 15 is 0 Å². The number of carbonyl (C=O) groups is 1. The first-order valence-corrected chi connectivity index (χ1v) is 8.14. The zero-order valence-corrected chi connectivity index (χ0v) is 14.0. The second-order valence-corrected chi connectivity index (χ2v) is 5.88. The number of hydrogen-bond donors (Lipinski definition) is 1. The molecule has 0 fully saturated rings. The van der Waals surface area contributed by atoms with Crippen LogP contribution in [0.5, 0.6) is 0 Å². The smallest absolute Gasteiger partial charge is 0.238 e. The number of amides is 1. The highest BCUT2D eigenvalue weighted by molar-refractivity contribution is 5.92. The number of halogens is 2. The molecule has 0 aliphatic heterocycles. The third-order valence-corrected chi connectivity index (χ3v) is 3.78. The predicted molar refractivity (Wildman–Crippen MR) is 94.3 cm³/mol. The van der Waals surface area contributed by atoms with Crippen LogP contribution in [0.2, 0.25) is 0 Å². The molecular weight excluding hydrogens is 338 g/mol. The molecule has 26 heavy (non-hydrogen) atoms. The van der Waals surface area contributed by atoms with E-state index in [-0.39, 0.29) is 12.2 Å². The van der Waals surface area contributed by atoms with Crippen molar-refractivity contribution in [2.45, 2.75) is 13.1 Å². The maximum absolute atomic E-state index is 13.7. The first-order valence-electron chi connectivity index (χ1n) is 8.14. The SMILES string of the molecule is O=C(CN(Cc1ccccc1)Cc1ccco1)Nc1ccc(F)cc1F. The largest absolute Gasteiger partial charge is 0.468 e. The number of rotatable bonds is 7. The fourth-order valence-corrected chi connectivity index (χ4v) is 2.62. The van der Waals surface area contributed by atoms with Gasteiger partial charge in [-0.05, 0) is 29.8 Å². The molecule has 0 unspecified atom stereocenters. The molecule has 4 nitrogen and oxygen atoms in total. The lowest BCUT2D eigenvalue weighted by Gasteiger charge is -2.21. The van der Waals surface area contributed by atoms with Crippen molar-refractivity contribution in [3.8, 4) is 0 Å². The molecule has 0 radical (unpaired) electrons. The van der Waals surface area contributed by atoms with Gasteiger partial charge < -0.3 is 9.73 Å². The van der Waals surface area contributed by atoms with Gasteiger partial charge in [-0.15, -0.1) is 0 Å². The second kappa shape index (κ2) is 8.40. The third kappa shape index (κ3) is 5.00. The van der Waals surface area contributed by atoms with E-state index in [1.54, 1.807) is 12.3 Å². The quantitative estimate of drug-likeness (QED) is 0.690. The average molecular weight is 356 g/mol. The molecule has 0 saturated heterocycles. The molecule has 3 rings (SSSR count). The van der Waals surface area contributed by atoms with E-state index in [1.807, 2.05) is 41.3 Å². The van der Waals surface area contributed by atoms with Crippen LogP contribution in [0.4, 0.5) is 14.5 Å². The van der Waals surface area contributed by atoms with Gasteiger partial charge in [0.2, 0.25) is 5.91 Å². The summed E-state index contributed by atoms with van der Waals surface area (Å²) in [5.41, 5.74) is 0.994. The van der Waals surface area contributed by atoms with Gasteiger partial charge in [0.25, 0.3) is 0 Å². The Hall–Kier alpha value is -2.99. The Morgan fingerprint density at radius 1 is 1.00 bits per heavy atom. The van der Waals surface area contributed by atoms with Crippen molar-refractivity contribution in [1.29, 1.82) is 0 Å². The predicted octanol–water partition coefficient (Wildman–Crippen LogP) is 4.20. The molecular formula is C20H18F2N2O2. The van der Waals surface area contributed by atoms with E-state index in [9.17, 15) is 13.6 Å². The van der Waals surface area contributed by atoms with Crippen LogP contribution in [0.1, 0.15) is 11.3 Å². The van der Waals surface area contributed by atoms with Gasteiger partial charge >= 0.3 is 0 Å². The number of carbonyl (C=O) groups excluding carboxylic acids is 1. The highest BCUT2D eigenvalue weighted by Crippen LogP contribution is 2.16. The van der Waals surface area contributed by atoms with Crippen LogP contribution in [-0.2, 0) is 17.9 Å². The molecule has 1 N–H and O–H groups in total. The standard InChI is InChI=1S/C20H18F2N2O2/c21-16-8-9-19(18(22)11-16)23-20(25)14-24(13-17-7-4-10-26-17)12-15-5-2-1-3-6-15/h1-11H,12-14H2,(H,23,25). The molecule has 0 atom stereocenters. The van der Waals surface area contributed by atoms with Crippen molar-refractivity contribution in [2.24, 2.45) is 0 Å². The van der Waals surface area contributed by atoms with Crippen LogP contribution in [-0.4, -0.2) is 17.4 Å². The number of hydrogen-bond acceptors (Lipinski definition) is 3. The molecule has 1 amide bonds. The highest BCUT2D eigenvalue weighted by atomic mass is 19.1. The fraction of sp³-hybridized carbons (Fsp3) is 0.150. The van der Waals surface area contributed by atoms with Crippen LogP contribution in [0, 0.1) is 11.6 Å². The molecule has 134 valence electrons. The van der Waals surface area contributed by atoms with E-state index in [4.69, 9.17) is 4.42 Å². The molecule has 6 heteroatoms. The first kappa shape index (κ1) is 17.8. The Bertz CT molecular complexity index is 852. The molecule has 1 aromatic heterocycles. The third-order valence-electron chi connectivity index (χ3n) is 3.78. The van der Waals surface area contributed by atoms with Crippen molar-refractivity contribution in [3.63, 3.8) is 0 Å². The molecule has 0 aliphatic carbocycles. The number of nitrogens with zero attached hydrogens (tertiary/aromatic N) is 1. The topological polar surface area (TPSA) is 45.5 Å². The minimum atomic E-state index is -0.806. The van der Waals surface area contributed by atoms with Gasteiger partial charge in [0.15, 0.2) is 0 Å². The van der Waals surface area contributed by atoms with Gasteiger partial charge in [0, 0.05) is 12.6 Å². The summed E-state index contributed by atoms with van der Waals surface area (Å²) in [7, 11) is 0. The van der Waals surface area contributed by atoms with Crippen LogP contribution in [0.3, 0.4) is 0 Å². The molecule has 0 bridgehead atoms. The maximum Gasteiger partial charge on any atom is 0.238 e. The normalized spacial score (nSPS) is 10.9. The van der Waals surface area contributed by atoms with Gasteiger partial charge in [-0.3, -0.25) is 9.69 Å². The maximum atomic E-state index is 13.7. The van der Waals surface area contributed by atoms with Crippen molar-refractivity contribution in [3.05, 3.63) is 89.9 Å². The monoisotopic (exact) mass is 356 g/mol. The van der Waals surface area contributed by atoms with Crippen molar-refractivity contribution in [2.75, 3.05) is 11.9 Å². The van der Waals surface area contributed by atoms with Crippen LogP contribution >= 0.6 is 0 Å². The van der Waals surface area contributed by atoms with E-state index in [0.717, 1.165) is 23.5 Å². The number of nitrogens with one attached hydrogen (secondary N) is 1. The van der Waals surface area contributed by atoms with E-state index < -0.39 is 17.5 Å². The van der Waals surface area contributed by atoms with Crippen molar-refractivity contribution < 1.29 is 18.0 Å². The minimum Gasteiger partial charge on any atom is -0.468 e. The van der Waals surface area contributed by atoms with E-state index in [0.29, 0.717) is 13.1 Å². The highest BCUT2D eigenvalue weighted by Gasteiger charge is 2.15. The molecule has 0 spiro atoms. The summed E-state index contributed by atoms with van der Waals surface area (Å²) in [6.45, 7) is 0.995. The Kier molecular flexibility index (Phi) is 5.76. The zero-order chi connectivity index (χ0) is 18.4. The summed E-state index contributed by atoms with van der Waals surface area (Å²) in [5.74, 6) is -1.16. The van der Waals surface area contributed by atoms with Crippen LogP contribution < -0.4 is 5.32 Å². The molecule has 1 heterocycles. The summed E-state index contributed by atoms with van der Waals surface area (Å²) in [4.78, 5) is 14.2. The molecule has 0 aliphatic rings. The van der Waals surface area contributed by atoms with Gasteiger partial charge in [-0.1, -0.05) is 30.3 Å². The van der Waals surface area contributed by atoms with Crippen molar-refractivity contribution >= 4 is 11.6 Å². The van der Waals surface area contributed by atoms with E-state index in [2.05, 4.69) is 5.32 Å². The van der Waals surface area contributed by atoms with Crippen molar-refractivity contribution in [1.82, 2.24) is 4.90 Å². The number of anilines is 1. The fourth-order valence-electron chi connectivity index (χ4n) is 2.62.